The third kappa shape index (κ3) is 11.3. The van der Waals surface area contributed by atoms with E-state index in [1.165, 1.54) is 19.9 Å². The van der Waals surface area contributed by atoms with Crippen LogP contribution in [0.5, 0.6) is 0 Å². The van der Waals surface area contributed by atoms with Crippen LogP contribution in [0, 0.1) is 52.3 Å². The molecule has 18 heteroatoms. The fourth-order valence-electron chi connectivity index (χ4n) is 14.8. The van der Waals surface area contributed by atoms with Crippen LogP contribution in [-0.2, 0) is 42.9 Å². The number of hydrogen-bond acceptors (Lipinski definition) is 17. The predicted octanol–water partition coefficient (Wildman–Crippen LogP) is 4.79. The molecule has 0 aromatic rings. The lowest BCUT2D eigenvalue weighted by atomic mass is 9.47. The summed E-state index contributed by atoms with van der Waals surface area (Å²) in [6.45, 7) is 19.2. The quantitative estimate of drug-likeness (QED) is 0.0926. The zero-order valence-corrected chi connectivity index (χ0v) is 46.6. The fourth-order valence-corrected chi connectivity index (χ4v) is 14.8. The van der Waals surface area contributed by atoms with Gasteiger partial charge in [-0.25, -0.2) is 9.18 Å². The molecule has 4 fully saturated rings. The molecular formula is C56H91FN2O15. The minimum absolute atomic E-state index is 0.0205. The Morgan fingerprint density at radius 2 is 1.62 bits per heavy atom. The molecule has 0 aromatic heterocycles. The number of carbonyl (C=O) groups is 4. The van der Waals surface area contributed by atoms with Gasteiger partial charge in [-0.2, -0.15) is 0 Å². The molecule has 4 aliphatic carbocycles. The fraction of sp³-hybridized carbons (Fsp3) is 0.857. The Hall–Kier alpha value is -2.91. The molecule has 2 aliphatic heterocycles. The third-order valence-electron chi connectivity index (χ3n) is 19.1. The molecule has 17 nitrogen and oxygen atoms in total. The van der Waals surface area contributed by atoms with E-state index in [1.807, 2.05) is 44.7 Å². The van der Waals surface area contributed by atoms with E-state index in [-0.39, 0.29) is 93.4 Å². The second kappa shape index (κ2) is 22.8. The van der Waals surface area contributed by atoms with Gasteiger partial charge in [0.1, 0.15) is 23.6 Å². The second-order valence-electron chi connectivity index (χ2n) is 24.9. The number of carbonyl (C=O) groups excluding carboxylic acids is 4. The van der Waals surface area contributed by atoms with Crippen molar-refractivity contribution in [3.05, 3.63) is 23.6 Å². The molecule has 22 atom stereocenters. The molecular weight excluding hydrogens is 960 g/mol. The van der Waals surface area contributed by atoms with Crippen molar-refractivity contribution in [1.29, 1.82) is 0 Å². The number of fused-ring (bicyclic) bond motifs is 5. The van der Waals surface area contributed by atoms with Gasteiger partial charge in [-0.3, -0.25) is 14.4 Å². The lowest BCUT2D eigenvalue weighted by molar-refractivity contribution is -0.301. The summed E-state index contributed by atoms with van der Waals surface area (Å²) in [4.78, 5) is 57.7. The first-order chi connectivity index (χ1) is 34.3. The Balaban J connectivity index is 1.13. The van der Waals surface area contributed by atoms with Crippen LogP contribution < -0.4 is 0 Å². The Bertz CT molecular complexity index is 2100. The van der Waals surface area contributed by atoms with E-state index in [0.29, 0.717) is 25.0 Å². The highest BCUT2D eigenvalue weighted by Gasteiger charge is 2.72. The number of ether oxygens (including phenoxy) is 5. The highest BCUT2D eigenvalue weighted by molar-refractivity contribution is 5.93. The lowest BCUT2D eigenvalue weighted by Crippen LogP contribution is -2.62. The van der Waals surface area contributed by atoms with Gasteiger partial charge >= 0.3 is 17.9 Å². The Labute approximate surface area is 438 Å². The van der Waals surface area contributed by atoms with E-state index in [2.05, 4.69) is 0 Å². The molecule has 0 radical (unpaired) electrons. The maximum absolute atomic E-state index is 15.9. The van der Waals surface area contributed by atoms with Crippen molar-refractivity contribution >= 4 is 23.7 Å². The number of ketones is 1. The average Bonchev–Trinajstić information content (AvgIpc) is 3.52. The summed E-state index contributed by atoms with van der Waals surface area (Å²) >= 11 is 0. The monoisotopic (exact) mass is 1050 g/mol. The van der Waals surface area contributed by atoms with E-state index in [4.69, 9.17) is 23.7 Å². The number of likely N-dealkylation sites (N-methyl/N-ethyl adjacent to an activating group) is 2. The largest absolute Gasteiger partial charge is 0.464 e. The van der Waals surface area contributed by atoms with Crippen molar-refractivity contribution in [3.8, 4) is 0 Å². The lowest BCUT2D eigenvalue weighted by Gasteiger charge is -2.58. The summed E-state index contributed by atoms with van der Waals surface area (Å²) < 4.78 is 46.9. The van der Waals surface area contributed by atoms with Crippen LogP contribution in [0.25, 0.3) is 0 Å². The molecule has 0 aromatic carbocycles. The molecule has 6 rings (SSSR count). The van der Waals surface area contributed by atoms with Crippen molar-refractivity contribution in [1.82, 2.24) is 9.80 Å². The van der Waals surface area contributed by atoms with Crippen LogP contribution in [0.15, 0.2) is 23.6 Å². The number of unbranched alkanes of at least 4 members (excludes halogenated alkanes) is 1. The van der Waals surface area contributed by atoms with E-state index in [0.717, 1.165) is 0 Å². The van der Waals surface area contributed by atoms with Crippen molar-refractivity contribution in [3.63, 3.8) is 0 Å². The first kappa shape index (κ1) is 60.3. The maximum atomic E-state index is 15.9. The zero-order chi connectivity index (χ0) is 55.4. The Morgan fingerprint density at radius 3 is 2.26 bits per heavy atom. The smallest absolute Gasteiger partial charge is 0.338 e. The molecule has 2 saturated heterocycles. The van der Waals surface area contributed by atoms with E-state index in [9.17, 15) is 49.8 Å². The van der Waals surface area contributed by atoms with E-state index in [1.54, 1.807) is 54.7 Å². The van der Waals surface area contributed by atoms with Crippen molar-refractivity contribution in [2.45, 2.75) is 218 Å². The molecule has 2 heterocycles. The normalized spacial score (nSPS) is 46.7. The number of rotatable bonds is 11. The number of hydrogen-bond donors (Lipinski definition) is 6. The summed E-state index contributed by atoms with van der Waals surface area (Å²) in [7, 11) is 5.49. The van der Waals surface area contributed by atoms with Crippen molar-refractivity contribution in [2.75, 3.05) is 34.3 Å². The Kier molecular flexibility index (Phi) is 18.6. The molecule has 0 spiro atoms. The number of allylic oxidation sites excluding steroid dienone is 4. The van der Waals surface area contributed by atoms with Gasteiger partial charge < -0.3 is 64.1 Å². The van der Waals surface area contributed by atoms with Gasteiger partial charge in [0.25, 0.3) is 0 Å². The van der Waals surface area contributed by atoms with Crippen LogP contribution in [0.4, 0.5) is 4.39 Å². The highest BCUT2D eigenvalue weighted by atomic mass is 19.1. The van der Waals surface area contributed by atoms with Crippen LogP contribution >= 0.6 is 0 Å². The van der Waals surface area contributed by atoms with Crippen molar-refractivity contribution < 1.29 is 77.9 Å². The standard InChI is InChI=1S/C56H91FN2O15/c1-15-42-55(11,68)47(64)34(7)59(14)28-29(2)26-54(10,67)48(32(5)45(63)33(6)49(65)72-42)74-50-46(40(58(12)13)23-31(4)71-50)73-43(62)18-16-17-21-70-51(66)56(69)30(3)22-37-36-25-39(57)38-24-35(60)19-20-52(38,8)44(36)41(61)27-53(37,56)9/h19-20,29-34,36-37,40-42,44-48,50,61,63-64,67-69H,15-18,21-28H2,1-14H3/t29-,30-,31-,32+,33-,34-,36?,37?,40-,41+,42-,44?,45+,46?,47-,48-,50+,52+,53+,54-,55-,56+/m1/s1. The van der Waals surface area contributed by atoms with Gasteiger partial charge in [0.05, 0.1) is 48.6 Å². The topological polar surface area (TPSA) is 242 Å². The first-order valence-corrected chi connectivity index (χ1v) is 27.3. The summed E-state index contributed by atoms with van der Waals surface area (Å²) in [5, 5.41) is 71.7. The number of aliphatic hydroxyl groups excluding tert-OH is 3. The Morgan fingerprint density at radius 1 is 0.959 bits per heavy atom. The summed E-state index contributed by atoms with van der Waals surface area (Å²) in [6.07, 6.45) is -3.77. The van der Waals surface area contributed by atoms with Crippen LogP contribution in [0.2, 0.25) is 0 Å². The van der Waals surface area contributed by atoms with Crippen LogP contribution in [0.3, 0.4) is 0 Å². The minimum atomic E-state index is -1.97. The predicted molar refractivity (Wildman–Crippen MR) is 271 cm³/mol. The van der Waals surface area contributed by atoms with Crippen LogP contribution in [0.1, 0.15) is 140 Å². The zero-order valence-electron chi connectivity index (χ0n) is 46.6. The van der Waals surface area contributed by atoms with Crippen molar-refractivity contribution in [2.24, 2.45) is 52.3 Å². The SMILES string of the molecule is CC[C@H]1OC(=O)[C@H](C)[C@@H](O)[C@H](C)[C@@H](O[C@@H]2O[C@H](C)C[C@@H](N(C)C)C2OC(=O)CCCCOC(=O)[C@@]2(O)[C@H](C)CC3C4CC(F)=C5CC(=O)C=C[C@]5(C)C4[C@@H](O)C[C@@]32C)[C@](C)(O)C[C@@H](C)CN(C)[C@H](C)[C@@H](O)[C@]1(C)O. The molecule has 0 amide bonds. The van der Waals surface area contributed by atoms with Gasteiger partial charge in [0.2, 0.25) is 0 Å². The number of halogens is 1. The highest BCUT2D eigenvalue weighted by Crippen LogP contribution is 2.68. The molecule has 2 saturated carbocycles. The first-order valence-electron chi connectivity index (χ1n) is 27.3. The van der Waals surface area contributed by atoms with Gasteiger partial charge in [-0.05, 0) is 136 Å². The van der Waals surface area contributed by atoms with Gasteiger partial charge in [-0.1, -0.05) is 47.6 Å². The number of aliphatic hydroxyl groups is 6. The molecule has 0 bridgehead atoms. The molecule has 6 N–H and O–H groups in total. The summed E-state index contributed by atoms with van der Waals surface area (Å²) in [5.74, 6) is -6.73. The molecule has 4 unspecified atom stereocenters. The second-order valence-corrected chi connectivity index (χ2v) is 24.9. The summed E-state index contributed by atoms with van der Waals surface area (Å²) in [6, 6.07) is -0.996. The third-order valence-corrected chi connectivity index (χ3v) is 19.1. The number of nitrogens with zero attached hydrogens (tertiary/aromatic N) is 2. The molecule has 74 heavy (non-hydrogen) atoms. The average molecular weight is 1050 g/mol. The number of esters is 3. The number of cyclic esters (lactones) is 1. The van der Waals surface area contributed by atoms with Gasteiger partial charge in [0, 0.05) is 54.5 Å². The van der Waals surface area contributed by atoms with Gasteiger partial charge in [0.15, 0.2) is 23.8 Å². The van der Waals surface area contributed by atoms with Crippen LogP contribution in [-0.4, -0.2) is 176 Å². The van der Waals surface area contributed by atoms with Gasteiger partial charge in [-0.15, -0.1) is 0 Å². The molecule has 6 aliphatic rings. The van der Waals surface area contributed by atoms with E-state index < -0.39 is 124 Å². The maximum Gasteiger partial charge on any atom is 0.338 e. The summed E-state index contributed by atoms with van der Waals surface area (Å²) in [5.41, 5.74) is -7.06. The molecule has 422 valence electrons. The van der Waals surface area contributed by atoms with E-state index >= 15 is 4.39 Å². The minimum Gasteiger partial charge on any atom is -0.464 e.